The number of rotatable bonds is 7. The predicted molar refractivity (Wildman–Crippen MR) is 119 cm³/mol. The number of anilines is 1. The SMILES string of the molecule is CCC(C)(Nc1ccnc(-c2c[nH]c3ncc(-c4cnn(C)c4)nc23)n1)C(=O)NCC(F)(F)F. The van der Waals surface area contributed by atoms with Crippen molar-refractivity contribution in [1.82, 2.24) is 40.0 Å². The number of carbonyl (C=O) groups excluding carboxylic acids is 1. The van der Waals surface area contributed by atoms with Crippen LogP contribution in [0.25, 0.3) is 33.8 Å². The molecule has 1 unspecified atom stereocenters. The van der Waals surface area contributed by atoms with E-state index in [1.54, 1.807) is 37.2 Å². The van der Waals surface area contributed by atoms with E-state index in [1.807, 2.05) is 11.5 Å². The number of carbonyl (C=O) groups is 1. The number of aryl methyl sites for hydroxylation is 1. The largest absolute Gasteiger partial charge is 0.405 e. The Kier molecular flexibility index (Phi) is 5.94. The number of nitrogens with zero attached hydrogens (tertiary/aromatic N) is 6. The number of fused-ring (bicyclic) bond motifs is 1. The highest BCUT2D eigenvalue weighted by Crippen LogP contribution is 2.27. The monoisotopic (exact) mass is 473 g/mol. The predicted octanol–water partition coefficient (Wildman–Crippen LogP) is 3.07. The van der Waals surface area contributed by atoms with Gasteiger partial charge in [0.15, 0.2) is 11.5 Å². The molecule has 3 N–H and O–H groups in total. The first-order valence-corrected chi connectivity index (χ1v) is 10.4. The molecular formula is C21H22F3N9O. The van der Waals surface area contributed by atoms with E-state index in [-0.39, 0.29) is 12.2 Å². The lowest BCUT2D eigenvalue weighted by molar-refractivity contribution is -0.140. The van der Waals surface area contributed by atoms with Gasteiger partial charge in [0.2, 0.25) is 5.91 Å². The van der Waals surface area contributed by atoms with Gasteiger partial charge in [-0.2, -0.15) is 18.3 Å². The molecule has 0 aromatic carbocycles. The first-order chi connectivity index (χ1) is 16.1. The summed E-state index contributed by atoms with van der Waals surface area (Å²) < 4.78 is 39.3. The van der Waals surface area contributed by atoms with Crippen molar-refractivity contribution in [2.75, 3.05) is 11.9 Å². The molecule has 0 aliphatic heterocycles. The highest BCUT2D eigenvalue weighted by molar-refractivity contribution is 5.90. The second-order valence-electron chi connectivity index (χ2n) is 7.93. The standard InChI is InChI=1S/C21H22F3N9O/c1-4-20(2,19(34)28-11-21(22,23)24)32-15-5-6-25-17(31-15)13-8-26-18-16(13)30-14(9-27-18)12-7-29-33(3)10-12/h5-10H,4,11H2,1-3H3,(H,26,27)(H,28,34)(H,25,31,32). The van der Waals surface area contributed by atoms with Crippen molar-refractivity contribution in [3.63, 3.8) is 0 Å². The number of nitrogens with one attached hydrogen (secondary N) is 3. The minimum absolute atomic E-state index is 0.225. The molecule has 0 saturated carbocycles. The Morgan fingerprint density at radius 3 is 2.68 bits per heavy atom. The molecule has 0 aliphatic rings. The Hall–Kier alpha value is -4.03. The molecule has 4 heterocycles. The van der Waals surface area contributed by atoms with Gasteiger partial charge < -0.3 is 15.6 Å². The fourth-order valence-electron chi connectivity index (χ4n) is 3.28. The molecule has 0 fully saturated rings. The molecule has 0 bridgehead atoms. The third-order valence-electron chi connectivity index (χ3n) is 5.34. The first kappa shape index (κ1) is 23.1. The molecule has 13 heteroatoms. The van der Waals surface area contributed by atoms with Crippen molar-refractivity contribution >= 4 is 22.9 Å². The van der Waals surface area contributed by atoms with Crippen LogP contribution in [0.5, 0.6) is 0 Å². The van der Waals surface area contributed by atoms with Crippen molar-refractivity contribution in [2.45, 2.75) is 32.0 Å². The molecule has 0 radical (unpaired) electrons. The van der Waals surface area contributed by atoms with Crippen LogP contribution in [-0.4, -0.2) is 58.9 Å². The zero-order valence-electron chi connectivity index (χ0n) is 18.6. The first-order valence-electron chi connectivity index (χ1n) is 10.4. The average Bonchev–Trinajstić information content (AvgIpc) is 3.42. The molecule has 34 heavy (non-hydrogen) atoms. The third kappa shape index (κ3) is 4.82. The van der Waals surface area contributed by atoms with Gasteiger partial charge in [-0.1, -0.05) is 6.92 Å². The van der Waals surface area contributed by atoms with E-state index >= 15 is 0 Å². The number of hydrogen-bond acceptors (Lipinski definition) is 7. The fourth-order valence-corrected chi connectivity index (χ4v) is 3.28. The summed E-state index contributed by atoms with van der Waals surface area (Å²) in [7, 11) is 1.80. The van der Waals surface area contributed by atoms with Crippen molar-refractivity contribution < 1.29 is 18.0 Å². The minimum Gasteiger partial charge on any atom is -0.356 e. The summed E-state index contributed by atoms with van der Waals surface area (Å²) in [6.07, 6.45) is 4.01. The number of alkyl halides is 3. The van der Waals surface area contributed by atoms with Crippen molar-refractivity contribution in [3.8, 4) is 22.6 Å². The molecule has 4 aromatic rings. The number of halogens is 3. The number of aromatic amines is 1. The second-order valence-corrected chi connectivity index (χ2v) is 7.93. The topological polar surface area (TPSA) is 126 Å². The van der Waals surface area contributed by atoms with Gasteiger partial charge in [-0.3, -0.25) is 9.48 Å². The van der Waals surface area contributed by atoms with E-state index in [2.05, 4.69) is 35.3 Å². The van der Waals surface area contributed by atoms with Crippen LogP contribution in [0.2, 0.25) is 0 Å². The number of aromatic nitrogens is 7. The summed E-state index contributed by atoms with van der Waals surface area (Å²) in [5, 5.41) is 9.02. The molecule has 178 valence electrons. The summed E-state index contributed by atoms with van der Waals surface area (Å²) in [5.74, 6) is -0.197. The van der Waals surface area contributed by atoms with Gasteiger partial charge in [0.1, 0.15) is 23.4 Å². The van der Waals surface area contributed by atoms with Gasteiger partial charge in [0.25, 0.3) is 0 Å². The molecule has 10 nitrogen and oxygen atoms in total. The van der Waals surface area contributed by atoms with E-state index in [0.717, 1.165) is 5.56 Å². The van der Waals surface area contributed by atoms with Gasteiger partial charge >= 0.3 is 6.18 Å². The Morgan fingerprint density at radius 2 is 2.00 bits per heavy atom. The van der Waals surface area contributed by atoms with E-state index in [4.69, 9.17) is 0 Å². The van der Waals surface area contributed by atoms with Crippen LogP contribution < -0.4 is 10.6 Å². The zero-order chi connectivity index (χ0) is 24.5. The van der Waals surface area contributed by atoms with Crippen molar-refractivity contribution in [1.29, 1.82) is 0 Å². The Labute approximate surface area is 192 Å². The lowest BCUT2D eigenvalue weighted by Crippen LogP contribution is -2.52. The van der Waals surface area contributed by atoms with Gasteiger partial charge in [0.05, 0.1) is 23.7 Å². The minimum atomic E-state index is -4.50. The van der Waals surface area contributed by atoms with Gasteiger partial charge in [-0.25, -0.2) is 19.9 Å². The molecular weight excluding hydrogens is 451 g/mol. The van der Waals surface area contributed by atoms with Crippen LogP contribution in [-0.2, 0) is 11.8 Å². The summed E-state index contributed by atoms with van der Waals surface area (Å²) in [5.41, 5.74) is 1.76. The van der Waals surface area contributed by atoms with Crippen molar-refractivity contribution in [2.24, 2.45) is 7.05 Å². The van der Waals surface area contributed by atoms with E-state index in [1.165, 1.54) is 19.2 Å². The van der Waals surface area contributed by atoms with Crippen LogP contribution in [0.15, 0.2) is 37.1 Å². The third-order valence-corrected chi connectivity index (χ3v) is 5.34. The molecule has 0 aliphatic carbocycles. The fraction of sp³-hybridized carbons (Fsp3) is 0.333. The van der Waals surface area contributed by atoms with Crippen LogP contribution >= 0.6 is 0 Å². The van der Waals surface area contributed by atoms with Crippen molar-refractivity contribution in [3.05, 3.63) is 37.1 Å². The smallest absolute Gasteiger partial charge is 0.356 e. The number of amides is 1. The average molecular weight is 473 g/mol. The van der Waals surface area contributed by atoms with Gasteiger partial charge in [-0.05, 0) is 19.4 Å². The highest BCUT2D eigenvalue weighted by Gasteiger charge is 2.35. The Balaban J connectivity index is 1.62. The summed E-state index contributed by atoms with van der Waals surface area (Å²) in [6.45, 7) is 1.79. The molecule has 4 rings (SSSR count). The maximum Gasteiger partial charge on any atom is 0.405 e. The lowest BCUT2D eigenvalue weighted by atomic mass is 9.97. The Bertz CT molecular complexity index is 1330. The molecule has 1 atom stereocenters. The van der Waals surface area contributed by atoms with Crippen LogP contribution in [0.4, 0.5) is 19.0 Å². The maximum absolute atomic E-state index is 12.5. The van der Waals surface area contributed by atoms with E-state index in [9.17, 15) is 18.0 Å². The molecule has 4 aromatic heterocycles. The lowest BCUT2D eigenvalue weighted by Gasteiger charge is -2.29. The quantitative estimate of drug-likeness (QED) is 0.377. The molecule has 0 saturated heterocycles. The summed E-state index contributed by atoms with van der Waals surface area (Å²) in [6, 6.07) is 1.54. The Morgan fingerprint density at radius 1 is 1.21 bits per heavy atom. The van der Waals surface area contributed by atoms with Crippen LogP contribution in [0.3, 0.4) is 0 Å². The van der Waals surface area contributed by atoms with Crippen LogP contribution in [0.1, 0.15) is 20.3 Å². The molecule has 0 spiro atoms. The summed E-state index contributed by atoms with van der Waals surface area (Å²) in [4.78, 5) is 33.3. The van der Waals surface area contributed by atoms with E-state index in [0.29, 0.717) is 28.2 Å². The highest BCUT2D eigenvalue weighted by atomic mass is 19.4. The molecule has 1 amide bonds. The number of hydrogen-bond donors (Lipinski definition) is 3. The number of H-pyrrole nitrogens is 1. The van der Waals surface area contributed by atoms with E-state index < -0.39 is 24.2 Å². The van der Waals surface area contributed by atoms with Crippen LogP contribution in [0, 0.1) is 0 Å². The maximum atomic E-state index is 12.5. The van der Waals surface area contributed by atoms with Gasteiger partial charge in [-0.15, -0.1) is 0 Å². The second kappa shape index (κ2) is 8.72. The van der Waals surface area contributed by atoms with Gasteiger partial charge in [0, 0.05) is 31.2 Å². The zero-order valence-corrected chi connectivity index (χ0v) is 18.6. The summed E-state index contributed by atoms with van der Waals surface area (Å²) >= 11 is 0. The normalized spacial score (nSPS) is 13.6.